The summed E-state index contributed by atoms with van der Waals surface area (Å²) in [5.74, 6) is 0.523. The highest BCUT2D eigenvalue weighted by molar-refractivity contribution is 8.26. The van der Waals surface area contributed by atoms with Gasteiger partial charge in [-0.2, -0.15) is 5.26 Å². The van der Waals surface area contributed by atoms with Gasteiger partial charge in [0.2, 0.25) is 0 Å². The molecule has 1 aliphatic heterocycles. The summed E-state index contributed by atoms with van der Waals surface area (Å²) in [5, 5.41) is 9.42. The summed E-state index contributed by atoms with van der Waals surface area (Å²) in [6.07, 6.45) is 3.74. The minimum absolute atomic E-state index is 0.0957. The summed E-state index contributed by atoms with van der Waals surface area (Å²) < 4.78 is 1.98. The number of thiocarbonyl (C=S) groups is 1. The Bertz CT molecular complexity index is 896. The standard InChI is InChI=1S/C18H22N4O2S2/c1-6-7-8-20(3)15-12(9-14-17(24)22(5)18(25)26-14)11(2)13(10-19)16(23)21(15)4/h9H,6-8H2,1-5H3/b14-9-. The molecule has 1 saturated heterocycles. The van der Waals surface area contributed by atoms with Gasteiger partial charge >= 0.3 is 0 Å². The first kappa shape index (κ1) is 20.2. The summed E-state index contributed by atoms with van der Waals surface area (Å²) in [5.41, 5.74) is 1.05. The van der Waals surface area contributed by atoms with Gasteiger partial charge in [0, 0.05) is 33.3 Å². The van der Waals surface area contributed by atoms with E-state index in [-0.39, 0.29) is 17.0 Å². The van der Waals surface area contributed by atoms with Crippen molar-refractivity contribution in [3.63, 3.8) is 0 Å². The molecule has 1 aromatic heterocycles. The molecule has 0 aliphatic carbocycles. The van der Waals surface area contributed by atoms with E-state index in [9.17, 15) is 14.9 Å². The maximum atomic E-state index is 12.6. The monoisotopic (exact) mass is 390 g/mol. The van der Waals surface area contributed by atoms with Crippen molar-refractivity contribution in [3.05, 3.63) is 31.9 Å². The molecular formula is C18H22N4O2S2. The second-order valence-electron chi connectivity index (χ2n) is 6.23. The zero-order valence-electron chi connectivity index (χ0n) is 15.6. The molecule has 0 aromatic carbocycles. The summed E-state index contributed by atoms with van der Waals surface area (Å²) in [6.45, 7) is 4.62. The molecule has 1 fully saturated rings. The summed E-state index contributed by atoms with van der Waals surface area (Å²) >= 11 is 6.42. The van der Waals surface area contributed by atoms with Crippen molar-refractivity contribution in [2.75, 3.05) is 25.5 Å². The van der Waals surface area contributed by atoms with Crippen LogP contribution in [-0.2, 0) is 11.8 Å². The second kappa shape index (κ2) is 8.06. The number of unbranched alkanes of at least 4 members (excludes halogenated alkanes) is 1. The molecule has 6 nitrogen and oxygen atoms in total. The van der Waals surface area contributed by atoms with Crippen molar-refractivity contribution < 1.29 is 4.79 Å². The van der Waals surface area contributed by atoms with Gasteiger partial charge in [-0.25, -0.2) is 0 Å². The van der Waals surface area contributed by atoms with Crippen LogP contribution in [0.2, 0.25) is 0 Å². The Kier molecular flexibility index (Phi) is 6.26. The summed E-state index contributed by atoms with van der Waals surface area (Å²) in [4.78, 5) is 28.9. The third-order valence-electron chi connectivity index (χ3n) is 4.44. The SMILES string of the molecule is CCCCN(C)c1c(/C=C2\SC(=S)N(C)C2=O)c(C)c(C#N)c(=O)n1C. The predicted octanol–water partition coefficient (Wildman–Crippen LogP) is 2.63. The Hall–Kier alpha value is -2.11. The van der Waals surface area contributed by atoms with Crippen molar-refractivity contribution in [2.24, 2.45) is 7.05 Å². The third kappa shape index (κ3) is 3.55. The largest absolute Gasteiger partial charge is 0.360 e. The number of hydrogen-bond donors (Lipinski definition) is 0. The van der Waals surface area contributed by atoms with Crippen molar-refractivity contribution in [2.45, 2.75) is 26.7 Å². The second-order valence-corrected chi connectivity index (χ2v) is 7.90. The lowest BCUT2D eigenvalue weighted by molar-refractivity contribution is -0.121. The van der Waals surface area contributed by atoms with Crippen molar-refractivity contribution in [1.29, 1.82) is 5.26 Å². The van der Waals surface area contributed by atoms with Gasteiger partial charge in [0.05, 0.1) is 4.91 Å². The number of likely N-dealkylation sites (N-methyl/N-ethyl adjacent to an activating group) is 1. The number of aromatic nitrogens is 1. The Labute approximate surface area is 163 Å². The van der Waals surface area contributed by atoms with Crippen LogP contribution in [-0.4, -0.2) is 40.3 Å². The van der Waals surface area contributed by atoms with E-state index in [1.807, 2.05) is 18.0 Å². The number of rotatable bonds is 5. The molecule has 0 saturated carbocycles. The molecule has 0 spiro atoms. The van der Waals surface area contributed by atoms with E-state index in [2.05, 4.69) is 6.92 Å². The number of pyridine rings is 1. The molecule has 1 aromatic rings. The molecule has 0 bridgehead atoms. The fraction of sp³-hybridized carbons (Fsp3) is 0.444. The fourth-order valence-corrected chi connectivity index (χ4v) is 4.01. The Morgan fingerprint density at radius 2 is 2.00 bits per heavy atom. The summed E-state index contributed by atoms with van der Waals surface area (Å²) in [6, 6.07) is 2.00. The number of carbonyl (C=O) groups is 1. The molecule has 2 heterocycles. The van der Waals surface area contributed by atoms with Gasteiger partial charge in [-0.3, -0.25) is 19.1 Å². The lowest BCUT2D eigenvalue weighted by Gasteiger charge is -2.25. The van der Waals surface area contributed by atoms with Crippen LogP contribution >= 0.6 is 24.0 Å². The van der Waals surface area contributed by atoms with E-state index in [1.54, 1.807) is 27.1 Å². The van der Waals surface area contributed by atoms with Crippen LogP contribution < -0.4 is 10.5 Å². The van der Waals surface area contributed by atoms with E-state index in [4.69, 9.17) is 12.2 Å². The highest BCUT2D eigenvalue weighted by Gasteiger charge is 2.30. The maximum Gasteiger partial charge on any atom is 0.270 e. The maximum absolute atomic E-state index is 12.6. The lowest BCUT2D eigenvalue weighted by Crippen LogP contribution is -2.31. The van der Waals surface area contributed by atoms with Gasteiger partial charge in [0.1, 0.15) is 21.8 Å². The van der Waals surface area contributed by atoms with E-state index in [1.165, 1.54) is 21.2 Å². The number of hydrogen-bond acceptors (Lipinski definition) is 6. The van der Waals surface area contributed by atoms with Crippen LogP contribution in [0.3, 0.4) is 0 Å². The van der Waals surface area contributed by atoms with Gasteiger partial charge in [0.25, 0.3) is 11.5 Å². The molecule has 2 rings (SSSR count). The van der Waals surface area contributed by atoms with Crippen molar-refractivity contribution in [1.82, 2.24) is 9.47 Å². The average molecular weight is 391 g/mol. The molecule has 26 heavy (non-hydrogen) atoms. The zero-order valence-corrected chi connectivity index (χ0v) is 17.3. The first-order valence-electron chi connectivity index (χ1n) is 8.30. The van der Waals surface area contributed by atoms with E-state index in [0.29, 0.717) is 26.2 Å². The Morgan fingerprint density at radius 1 is 1.35 bits per heavy atom. The van der Waals surface area contributed by atoms with Crippen LogP contribution in [0.15, 0.2) is 9.70 Å². The topological polar surface area (TPSA) is 69.3 Å². The molecule has 1 amide bonds. The lowest BCUT2D eigenvalue weighted by atomic mass is 10.0. The van der Waals surface area contributed by atoms with Crippen LogP contribution in [0, 0.1) is 18.3 Å². The number of nitrogens with zero attached hydrogens (tertiary/aromatic N) is 4. The Morgan fingerprint density at radius 3 is 2.50 bits per heavy atom. The normalized spacial score (nSPS) is 15.7. The number of anilines is 1. The molecule has 0 atom stereocenters. The van der Waals surface area contributed by atoms with E-state index >= 15 is 0 Å². The third-order valence-corrected chi connectivity index (χ3v) is 5.92. The molecule has 138 valence electrons. The number of nitriles is 1. The minimum Gasteiger partial charge on any atom is -0.360 e. The van der Waals surface area contributed by atoms with Crippen molar-refractivity contribution in [3.8, 4) is 6.07 Å². The van der Waals surface area contributed by atoms with Gasteiger partial charge in [-0.1, -0.05) is 37.3 Å². The van der Waals surface area contributed by atoms with E-state index < -0.39 is 0 Å². The fourth-order valence-electron chi connectivity index (χ4n) is 2.85. The average Bonchev–Trinajstić information content (AvgIpc) is 2.85. The molecule has 1 aliphatic rings. The number of thioether (sulfide) groups is 1. The molecule has 8 heteroatoms. The van der Waals surface area contributed by atoms with Crippen LogP contribution in [0.25, 0.3) is 6.08 Å². The van der Waals surface area contributed by atoms with Crippen LogP contribution in [0.1, 0.15) is 36.5 Å². The van der Waals surface area contributed by atoms with Crippen LogP contribution in [0.5, 0.6) is 0 Å². The van der Waals surface area contributed by atoms with E-state index in [0.717, 1.165) is 19.4 Å². The van der Waals surface area contributed by atoms with Crippen molar-refractivity contribution >= 4 is 46.1 Å². The molecule has 0 radical (unpaired) electrons. The van der Waals surface area contributed by atoms with Gasteiger partial charge in [0.15, 0.2) is 0 Å². The predicted molar refractivity (Wildman–Crippen MR) is 110 cm³/mol. The molecular weight excluding hydrogens is 368 g/mol. The molecule has 0 unspecified atom stereocenters. The van der Waals surface area contributed by atoms with Gasteiger partial charge in [-0.05, 0) is 25.0 Å². The molecule has 0 N–H and O–H groups in total. The van der Waals surface area contributed by atoms with Crippen LogP contribution in [0.4, 0.5) is 5.82 Å². The Balaban J connectivity index is 2.72. The number of amides is 1. The first-order valence-corrected chi connectivity index (χ1v) is 9.53. The highest BCUT2D eigenvalue weighted by Crippen LogP contribution is 2.34. The smallest absolute Gasteiger partial charge is 0.270 e. The highest BCUT2D eigenvalue weighted by atomic mass is 32.2. The first-order chi connectivity index (χ1) is 12.2. The van der Waals surface area contributed by atoms with Gasteiger partial charge < -0.3 is 4.90 Å². The zero-order chi connectivity index (χ0) is 19.6. The number of carbonyl (C=O) groups excluding carboxylic acids is 1. The minimum atomic E-state index is -0.330. The van der Waals surface area contributed by atoms with Gasteiger partial charge in [-0.15, -0.1) is 0 Å². The quantitative estimate of drug-likeness (QED) is 0.569. The summed E-state index contributed by atoms with van der Waals surface area (Å²) in [7, 11) is 5.21.